The molecule has 0 spiro atoms. The number of aliphatic hydroxyl groups is 1. The number of nitrogens with zero attached hydrogens (tertiary/aromatic N) is 1. The third-order valence-corrected chi connectivity index (χ3v) is 2.93. The molecule has 0 amide bonds. The van der Waals surface area contributed by atoms with Crippen LogP contribution in [0.3, 0.4) is 0 Å². The van der Waals surface area contributed by atoms with Crippen LogP contribution in [0.4, 0.5) is 10.2 Å². The van der Waals surface area contributed by atoms with Crippen LogP contribution in [0, 0.1) is 5.82 Å². The van der Waals surface area contributed by atoms with E-state index in [9.17, 15) is 9.50 Å². The molecule has 2 rings (SSSR count). The number of aromatic nitrogens is 1. The average molecular weight is 260 g/mol. The molecule has 1 aromatic carbocycles. The molecular formula is C15H17FN2O. The lowest BCUT2D eigenvalue weighted by Gasteiger charge is -2.23. The van der Waals surface area contributed by atoms with Crippen LogP contribution < -0.4 is 5.73 Å². The van der Waals surface area contributed by atoms with Crippen molar-refractivity contribution in [1.82, 2.24) is 4.98 Å². The molecule has 100 valence electrons. The Kier molecular flexibility index (Phi) is 3.81. The first-order valence-electron chi connectivity index (χ1n) is 6.12. The molecule has 0 aliphatic rings. The maximum Gasteiger partial charge on any atom is 0.123 e. The number of nitrogens with two attached hydrogens (primary N) is 1. The van der Waals surface area contributed by atoms with Crippen molar-refractivity contribution in [2.75, 3.05) is 5.73 Å². The number of benzene rings is 1. The quantitative estimate of drug-likeness (QED) is 0.887. The van der Waals surface area contributed by atoms with Gasteiger partial charge in [-0.2, -0.15) is 0 Å². The van der Waals surface area contributed by atoms with Crippen LogP contribution in [0.5, 0.6) is 0 Å². The minimum Gasteiger partial charge on any atom is -0.389 e. The van der Waals surface area contributed by atoms with E-state index in [-0.39, 0.29) is 5.82 Å². The van der Waals surface area contributed by atoms with Crippen LogP contribution >= 0.6 is 0 Å². The van der Waals surface area contributed by atoms with Crippen molar-refractivity contribution in [1.29, 1.82) is 0 Å². The summed E-state index contributed by atoms with van der Waals surface area (Å²) in [5.74, 6) is 0.167. The van der Waals surface area contributed by atoms with Crippen LogP contribution in [-0.2, 0) is 12.8 Å². The van der Waals surface area contributed by atoms with E-state index < -0.39 is 5.60 Å². The highest BCUT2D eigenvalue weighted by Gasteiger charge is 2.21. The van der Waals surface area contributed by atoms with Crippen LogP contribution in [0.25, 0.3) is 0 Å². The summed E-state index contributed by atoms with van der Waals surface area (Å²) in [5, 5.41) is 10.4. The van der Waals surface area contributed by atoms with E-state index in [1.165, 1.54) is 12.1 Å². The van der Waals surface area contributed by atoms with Crippen molar-refractivity contribution in [2.45, 2.75) is 25.4 Å². The summed E-state index contributed by atoms with van der Waals surface area (Å²) in [5.41, 5.74) is 6.53. The van der Waals surface area contributed by atoms with Gasteiger partial charge in [-0.05, 0) is 42.3 Å². The van der Waals surface area contributed by atoms with E-state index in [2.05, 4.69) is 4.98 Å². The molecule has 3 N–H and O–H groups in total. The average Bonchev–Trinajstić information content (AvgIpc) is 2.31. The van der Waals surface area contributed by atoms with Gasteiger partial charge in [-0.3, -0.25) is 0 Å². The molecule has 1 atom stereocenters. The Balaban J connectivity index is 2.07. The van der Waals surface area contributed by atoms with Crippen LogP contribution in [0.15, 0.2) is 42.6 Å². The number of hydrogen-bond donors (Lipinski definition) is 2. The Morgan fingerprint density at radius 3 is 2.42 bits per heavy atom. The first-order chi connectivity index (χ1) is 8.94. The van der Waals surface area contributed by atoms with Gasteiger partial charge in [-0.15, -0.1) is 0 Å². The van der Waals surface area contributed by atoms with Gasteiger partial charge in [-0.1, -0.05) is 12.1 Å². The van der Waals surface area contributed by atoms with Crippen LogP contribution in [-0.4, -0.2) is 15.7 Å². The number of rotatable bonds is 4. The summed E-state index contributed by atoms with van der Waals surface area (Å²) >= 11 is 0. The maximum atomic E-state index is 12.8. The van der Waals surface area contributed by atoms with Gasteiger partial charge in [-0.25, -0.2) is 9.37 Å². The molecule has 2 aromatic rings. The summed E-state index contributed by atoms with van der Waals surface area (Å²) in [4.78, 5) is 3.92. The lowest BCUT2D eigenvalue weighted by molar-refractivity contribution is 0.0608. The number of nitrogen functional groups attached to an aromatic ring is 1. The zero-order chi connectivity index (χ0) is 13.9. The Morgan fingerprint density at radius 1 is 1.16 bits per heavy atom. The molecule has 0 aliphatic heterocycles. The van der Waals surface area contributed by atoms with Crippen LogP contribution in [0.1, 0.15) is 18.1 Å². The van der Waals surface area contributed by atoms with E-state index in [0.29, 0.717) is 18.7 Å². The molecule has 1 aromatic heterocycles. The normalized spacial score (nSPS) is 14.1. The molecule has 0 saturated heterocycles. The summed E-state index contributed by atoms with van der Waals surface area (Å²) in [6, 6.07) is 9.75. The second-order valence-corrected chi connectivity index (χ2v) is 5.07. The van der Waals surface area contributed by atoms with Crippen LogP contribution in [0.2, 0.25) is 0 Å². The van der Waals surface area contributed by atoms with Gasteiger partial charge in [0.15, 0.2) is 0 Å². The van der Waals surface area contributed by atoms with Crippen molar-refractivity contribution >= 4 is 5.82 Å². The highest BCUT2D eigenvalue weighted by atomic mass is 19.1. The zero-order valence-corrected chi connectivity index (χ0v) is 10.8. The van der Waals surface area contributed by atoms with Crippen molar-refractivity contribution in [3.8, 4) is 0 Å². The molecular weight excluding hydrogens is 243 g/mol. The van der Waals surface area contributed by atoms with E-state index in [4.69, 9.17) is 5.73 Å². The summed E-state index contributed by atoms with van der Waals surface area (Å²) < 4.78 is 12.8. The molecule has 0 aliphatic carbocycles. The van der Waals surface area contributed by atoms with E-state index in [1.54, 1.807) is 31.3 Å². The standard InChI is InChI=1S/C15H17FN2O/c1-15(19,9-11-2-4-13(16)5-3-11)10-12-6-7-18-14(17)8-12/h2-8,19H,9-10H2,1H3,(H2,17,18). The predicted octanol–water partition coefficient (Wildman–Crippen LogP) is 2.34. The highest BCUT2D eigenvalue weighted by Crippen LogP contribution is 2.19. The predicted molar refractivity (Wildman–Crippen MR) is 73.1 cm³/mol. The number of pyridine rings is 1. The van der Waals surface area contributed by atoms with Gasteiger partial charge < -0.3 is 10.8 Å². The molecule has 0 bridgehead atoms. The van der Waals surface area contributed by atoms with E-state index >= 15 is 0 Å². The maximum absolute atomic E-state index is 12.8. The van der Waals surface area contributed by atoms with Crippen molar-refractivity contribution in [3.05, 3.63) is 59.5 Å². The van der Waals surface area contributed by atoms with Crippen molar-refractivity contribution in [3.63, 3.8) is 0 Å². The van der Waals surface area contributed by atoms with E-state index in [1.807, 2.05) is 6.07 Å². The molecule has 0 radical (unpaired) electrons. The minimum absolute atomic E-state index is 0.273. The first kappa shape index (κ1) is 13.5. The smallest absolute Gasteiger partial charge is 0.123 e. The molecule has 4 heteroatoms. The van der Waals surface area contributed by atoms with Gasteiger partial charge in [0.1, 0.15) is 11.6 Å². The van der Waals surface area contributed by atoms with Crippen molar-refractivity contribution in [2.24, 2.45) is 0 Å². The Labute approximate surface area is 111 Å². The van der Waals surface area contributed by atoms with Gasteiger partial charge >= 0.3 is 0 Å². The number of anilines is 1. The molecule has 19 heavy (non-hydrogen) atoms. The van der Waals surface area contributed by atoms with Gasteiger partial charge in [0.25, 0.3) is 0 Å². The Hall–Kier alpha value is -1.94. The fourth-order valence-electron chi connectivity index (χ4n) is 2.15. The van der Waals surface area contributed by atoms with E-state index in [0.717, 1.165) is 11.1 Å². The largest absolute Gasteiger partial charge is 0.389 e. The third kappa shape index (κ3) is 4.03. The number of halogens is 1. The fraction of sp³-hybridized carbons (Fsp3) is 0.267. The van der Waals surface area contributed by atoms with Gasteiger partial charge in [0.2, 0.25) is 0 Å². The SMILES string of the molecule is CC(O)(Cc1ccc(F)cc1)Cc1ccnc(N)c1. The summed E-state index contributed by atoms with van der Waals surface area (Å²) in [6.07, 6.45) is 2.55. The molecule has 3 nitrogen and oxygen atoms in total. The lowest BCUT2D eigenvalue weighted by Crippen LogP contribution is -2.30. The second kappa shape index (κ2) is 5.36. The molecule has 0 fully saturated rings. The topological polar surface area (TPSA) is 59.1 Å². The number of hydrogen-bond acceptors (Lipinski definition) is 3. The molecule has 1 unspecified atom stereocenters. The summed E-state index contributed by atoms with van der Waals surface area (Å²) in [7, 11) is 0. The van der Waals surface area contributed by atoms with Gasteiger partial charge in [0, 0.05) is 19.0 Å². The first-order valence-corrected chi connectivity index (χ1v) is 6.12. The minimum atomic E-state index is -0.911. The Bertz CT molecular complexity index is 552. The molecule has 0 saturated carbocycles. The third-order valence-electron chi connectivity index (χ3n) is 2.93. The summed E-state index contributed by atoms with van der Waals surface area (Å²) in [6.45, 7) is 1.76. The highest BCUT2D eigenvalue weighted by molar-refractivity contribution is 5.32. The monoisotopic (exact) mass is 260 g/mol. The second-order valence-electron chi connectivity index (χ2n) is 5.07. The lowest BCUT2D eigenvalue weighted by atomic mass is 9.90. The fourth-order valence-corrected chi connectivity index (χ4v) is 2.15. The Morgan fingerprint density at radius 2 is 1.79 bits per heavy atom. The zero-order valence-electron chi connectivity index (χ0n) is 10.8. The van der Waals surface area contributed by atoms with Crippen molar-refractivity contribution < 1.29 is 9.50 Å². The van der Waals surface area contributed by atoms with Gasteiger partial charge in [0.05, 0.1) is 5.60 Å². The molecule has 1 heterocycles.